The minimum absolute atomic E-state index is 0.0621. The Balaban J connectivity index is 1.55. The lowest BCUT2D eigenvalue weighted by molar-refractivity contribution is -0.115. The average Bonchev–Trinajstić information content (AvgIpc) is 3.40. The van der Waals surface area contributed by atoms with Crippen LogP contribution in [0.1, 0.15) is 15.7 Å². The summed E-state index contributed by atoms with van der Waals surface area (Å²) >= 11 is 3.22. The number of benzene rings is 2. The molecule has 0 aliphatic carbocycles. The number of nitrogens with zero attached hydrogens (tertiary/aromatic N) is 2. The molecule has 1 N–H and O–H groups in total. The maximum Gasteiger partial charge on any atom is 0.243 e. The summed E-state index contributed by atoms with van der Waals surface area (Å²) in [7, 11) is 0. The molecule has 0 saturated heterocycles. The molecule has 0 saturated carbocycles. The fraction of sp³-hybridized carbons (Fsp3) is 0.0909. The van der Waals surface area contributed by atoms with Crippen molar-refractivity contribution in [3.8, 4) is 0 Å². The molecular formula is C22H19N3OS2. The van der Waals surface area contributed by atoms with Crippen molar-refractivity contribution >= 4 is 34.8 Å². The fourth-order valence-corrected chi connectivity index (χ4v) is 4.57. The van der Waals surface area contributed by atoms with E-state index in [0.29, 0.717) is 12.4 Å². The smallest absolute Gasteiger partial charge is 0.243 e. The van der Waals surface area contributed by atoms with E-state index in [-0.39, 0.29) is 11.2 Å². The first kappa shape index (κ1) is 18.5. The van der Waals surface area contributed by atoms with E-state index >= 15 is 0 Å². The van der Waals surface area contributed by atoms with Gasteiger partial charge >= 0.3 is 0 Å². The second kappa shape index (κ2) is 8.91. The number of thiophene rings is 1. The average molecular weight is 406 g/mol. The molecule has 4 aromatic rings. The zero-order valence-electron chi connectivity index (χ0n) is 15.1. The molecule has 0 fully saturated rings. The van der Waals surface area contributed by atoms with Crippen molar-refractivity contribution in [1.82, 2.24) is 9.78 Å². The van der Waals surface area contributed by atoms with Gasteiger partial charge in [-0.3, -0.25) is 4.79 Å². The Morgan fingerprint density at radius 3 is 2.46 bits per heavy atom. The maximum atomic E-state index is 13.2. The molecule has 0 aliphatic rings. The van der Waals surface area contributed by atoms with E-state index in [0.717, 1.165) is 10.5 Å². The molecule has 140 valence electrons. The van der Waals surface area contributed by atoms with Gasteiger partial charge in [-0.15, -0.1) is 23.1 Å². The van der Waals surface area contributed by atoms with Gasteiger partial charge in [0, 0.05) is 15.8 Å². The lowest BCUT2D eigenvalue weighted by Crippen LogP contribution is -2.21. The van der Waals surface area contributed by atoms with Crippen molar-refractivity contribution in [3.63, 3.8) is 0 Å². The minimum atomic E-state index is -0.353. The fourth-order valence-electron chi connectivity index (χ4n) is 2.84. The van der Waals surface area contributed by atoms with E-state index in [1.165, 1.54) is 4.88 Å². The lowest BCUT2D eigenvalue weighted by Gasteiger charge is -2.17. The standard InChI is InChI=1S/C22H19N3OS2/c26-22(24-20-13-14-23-25(20)16-19-12-7-15-27-19)21(17-8-3-1-4-9-17)28-18-10-5-2-6-11-18/h1-15,21H,16H2,(H,24,26)/t21-/m0/s1. The molecule has 0 unspecified atom stereocenters. The largest absolute Gasteiger partial charge is 0.310 e. The molecule has 2 aromatic heterocycles. The van der Waals surface area contributed by atoms with Crippen molar-refractivity contribution in [2.24, 2.45) is 0 Å². The number of thioether (sulfide) groups is 1. The van der Waals surface area contributed by atoms with Gasteiger partial charge in [0.2, 0.25) is 5.91 Å². The Kier molecular flexibility index (Phi) is 5.89. The van der Waals surface area contributed by atoms with Crippen LogP contribution in [0.5, 0.6) is 0 Å². The summed E-state index contributed by atoms with van der Waals surface area (Å²) in [6.07, 6.45) is 1.71. The molecule has 1 amide bonds. The molecule has 0 aliphatic heterocycles. The Labute approximate surface area is 172 Å². The van der Waals surface area contributed by atoms with Crippen molar-refractivity contribution in [2.45, 2.75) is 16.7 Å². The number of hydrogen-bond donors (Lipinski definition) is 1. The van der Waals surface area contributed by atoms with Crippen molar-refractivity contribution in [2.75, 3.05) is 5.32 Å². The predicted molar refractivity (Wildman–Crippen MR) is 116 cm³/mol. The topological polar surface area (TPSA) is 46.9 Å². The number of nitrogens with one attached hydrogen (secondary N) is 1. The molecule has 0 radical (unpaired) electrons. The number of amides is 1. The van der Waals surface area contributed by atoms with Gasteiger partial charge in [-0.05, 0) is 29.1 Å². The van der Waals surface area contributed by atoms with E-state index in [1.807, 2.05) is 82.9 Å². The van der Waals surface area contributed by atoms with E-state index in [1.54, 1.807) is 29.3 Å². The van der Waals surface area contributed by atoms with Gasteiger partial charge < -0.3 is 5.32 Å². The molecule has 2 aromatic carbocycles. The molecule has 2 heterocycles. The minimum Gasteiger partial charge on any atom is -0.310 e. The first-order chi connectivity index (χ1) is 13.8. The third-order valence-corrected chi connectivity index (χ3v) is 6.32. The highest BCUT2D eigenvalue weighted by molar-refractivity contribution is 8.00. The van der Waals surface area contributed by atoms with Crippen LogP contribution in [0.15, 0.2) is 95.3 Å². The number of rotatable bonds is 7. The van der Waals surface area contributed by atoms with Crippen LogP contribution in [0.4, 0.5) is 5.82 Å². The summed E-state index contributed by atoms with van der Waals surface area (Å²) < 4.78 is 1.82. The monoisotopic (exact) mass is 405 g/mol. The summed E-state index contributed by atoms with van der Waals surface area (Å²) in [4.78, 5) is 15.4. The number of anilines is 1. The van der Waals surface area contributed by atoms with Crippen LogP contribution in [0, 0.1) is 0 Å². The third-order valence-electron chi connectivity index (χ3n) is 4.19. The Morgan fingerprint density at radius 1 is 1.00 bits per heavy atom. The highest BCUT2D eigenvalue weighted by Gasteiger charge is 2.23. The second-order valence-electron chi connectivity index (χ2n) is 6.16. The lowest BCUT2D eigenvalue weighted by atomic mass is 10.1. The van der Waals surface area contributed by atoms with Gasteiger partial charge in [0.05, 0.1) is 12.7 Å². The molecule has 6 heteroatoms. The molecule has 4 rings (SSSR count). The zero-order chi connectivity index (χ0) is 19.2. The molecule has 28 heavy (non-hydrogen) atoms. The normalized spacial score (nSPS) is 11.9. The van der Waals surface area contributed by atoms with Gasteiger partial charge in [0.15, 0.2) is 0 Å². The number of hydrogen-bond acceptors (Lipinski definition) is 4. The van der Waals surface area contributed by atoms with Gasteiger partial charge in [-0.25, -0.2) is 4.68 Å². The number of carbonyl (C=O) groups excluding carboxylic acids is 1. The van der Waals surface area contributed by atoms with Crippen LogP contribution < -0.4 is 5.32 Å². The third kappa shape index (κ3) is 4.52. The molecular weight excluding hydrogens is 386 g/mol. The summed E-state index contributed by atoms with van der Waals surface area (Å²) in [6.45, 7) is 0.641. The SMILES string of the molecule is O=C(Nc1ccnn1Cc1cccs1)[C@@H](Sc1ccccc1)c1ccccc1. The van der Waals surface area contributed by atoms with E-state index in [4.69, 9.17) is 0 Å². The highest BCUT2D eigenvalue weighted by atomic mass is 32.2. The Bertz CT molecular complexity index is 1010. The number of carbonyl (C=O) groups is 1. The molecule has 4 nitrogen and oxygen atoms in total. The van der Waals surface area contributed by atoms with Crippen LogP contribution in [0.25, 0.3) is 0 Å². The van der Waals surface area contributed by atoms with Gasteiger partial charge in [0.25, 0.3) is 0 Å². The predicted octanol–water partition coefficient (Wildman–Crippen LogP) is 5.47. The maximum absolute atomic E-state index is 13.2. The van der Waals surface area contributed by atoms with E-state index in [9.17, 15) is 4.79 Å². The van der Waals surface area contributed by atoms with Crippen LogP contribution in [0.2, 0.25) is 0 Å². The summed E-state index contributed by atoms with van der Waals surface area (Å²) in [5.41, 5.74) is 0.971. The summed E-state index contributed by atoms with van der Waals surface area (Å²) in [6, 6.07) is 25.8. The number of aromatic nitrogens is 2. The van der Waals surface area contributed by atoms with Crippen molar-refractivity contribution in [1.29, 1.82) is 0 Å². The molecule has 1 atom stereocenters. The van der Waals surface area contributed by atoms with Gasteiger partial charge in [-0.1, -0.05) is 54.6 Å². The molecule has 0 spiro atoms. The van der Waals surface area contributed by atoms with Crippen LogP contribution >= 0.6 is 23.1 Å². The Hall–Kier alpha value is -2.83. The highest BCUT2D eigenvalue weighted by Crippen LogP contribution is 2.36. The zero-order valence-corrected chi connectivity index (χ0v) is 16.7. The molecule has 0 bridgehead atoms. The van der Waals surface area contributed by atoms with Crippen molar-refractivity contribution in [3.05, 3.63) is 101 Å². The summed E-state index contributed by atoms with van der Waals surface area (Å²) in [5, 5.41) is 9.12. The first-order valence-corrected chi connectivity index (χ1v) is 10.7. The Morgan fingerprint density at radius 2 is 1.75 bits per heavy atom. The van der Waals surface area contributed by atoms with Crippen LogP contribution in [-0.2, 0) is 11.3 Å². The van der Waals surface area contributed by atoms with E-state index in [2.05, 4.69) is 16.5 Å². The second-order valence-corrected chi connectivity index (χ2v) is 8.38. The quantitative estimate of drug-likeness (QED) is 0.415. The van der Waals surface area contributed by atoms with Gasteiger partial charge in [0.1, 0.15) is 11.1 Å². The van der Waals surface area contributed by atoms with Crippen LogP contribution in [-0.4, -0.2) is 15.7 Å². The van der Waals surface area contributed by atoms with Gasteiger partial charge in [-0.2, -0.15) is 5.10 Å². The van der Waals surface area contributed by atoms with Crippen LogP contribution in [0.3, 0.4) is 0 Å². The van der Waals surface area contributed by atoms with E-state index < -0.39 is 0 Å². The first-order valence-electron chi connectivity index (χ1n) is 8.91. The van der Waals surface area contributed by atoms with Crippen molar-refractivity contribution < 1.29 is 4.79 Å². The summed E-state index contributed by atoms with van der Waals surface area (Å²) in [5.74, 6) is 0.640.